The molecule has 0 aromatic rings. The third-order valence-electron chi connectivity index (χ3n) is 7.38. The predicted octanol–water partition coefficient (Wildman–Crippen LogP) is 3.66. The number of methoxy groups -OCH3 is 2. The van der Waals surface area contributed by atoms with E-state index in [2.05, 4.69) is 33.0 Å². The van der Waals surface area contributed by atoms with Gasteiger partial charge < -0.3 is 29.0 Å². The Balaban J connectivity index is 2.59. The van der Waals surface area contributed by atoms with Crippen LogP contribution in [0.25, 0.3) is 0 Å². The van der Waals surface area contributed by atoms with Gasteiger partial charge in [-0.05, 0) is 74.7 Å². The van der Waals surface area contributed by atoms with Gasteiger partial charge in [-0.2, -0.15) is 0 Å². The zero-order chi connectivity index (χ0) is 30.6. The number of ether oxygens (including phenoxy) is 5. The molecule has 10 heteroatoms. The maximum atomic E-state index is 12.1. The standard InChI is InChI=1S/C30H54N2O8/c1-27(2,36-9)15-19-39-30(7,8)23(20-28(3,4)40-22-29(5,6)37-10)21-38-18-11-16-31-24(33)14-17-32-25(34)12-13-26(32)35/h12-13,23H,11,14-22H2,1-10H3,(H,31,33). The fourth-order valence-corrected chi connectivity index (χ4v) is 3.95. The molecule has 1 atom stereocenters. The number of nitrogens with one attached hydrogen (secondary N) is 1. The third-order valence-corrected chi connectivity index (χ3v) is 7.38. The number of carbonyl (C=O) groups excluding carboxylic acids is 3. The Morgan fingerprint density at radius 3 is 2.05 bits per heavy atom. The summed E-state index contributed by atoms with van der Waals surface area (Å²) in [6.45, 7) is 18.9. The number of amides is 3. The molecule has 0 fully saturated rings. The maximum absolute atomic E-state index is 12.1. The van der Waals surface area contributed by atoms with Crippen molar-refractivity contribution in [3.63, 3.8) is 0 Å². The monoisotopic (exact) mass is 570 g/mol. The van der Waals surface area contributed by atoms with Crippen molar-refractivity contribution in [3.05, 3.63) is 12.2 Å². The van der Waals surface area contributed by atoms with Gasteiger partial charge in [0, 0.05) is 58.4 Å². The van der Waals surface area contributed by atoms with E-state index in [1.54, 1.807) is 14.2 Å². The number of rotatable bonds is 21. The Bertz CT molecular complexity index is 833. The fraction of sp³-hybridized carbons (Fsp3) is 0.833. The van der Waals surface area contributed by atoms with Gasteiger partial charge in [0.1, 0.15) is 0 Å². The molecular formula is C30H54N2O8. The summed E-state index contributed by atoms with van der Waals surface area (Å²) in [4.78, 5) is 36.4. The van der Waals surface area contributed by atoms with E-state index in [0.717, 1.165) is 11.3 Å². The van der Waals surface area contributed by atoms with E-state index in [9.17, 15) is 14.4 Å². The third kappa shape index (κ3) is 13.7. The molecule has 1 unspecified atom stereocenters. The van der Waals surface area contributed by atoms with Crippen molar-refractivity contribution in [1.82, 2.24) is 10.2 Å². The Hall–Kier alpha value is -1.85. The SMILES string of the molecule is COC(C)(C)CCOC(C)(C)C(COCCCNC(=O)CCN1C(=O)C=CC1=O)CC(C)(C)OCC(C)(C)OC. The van der Waals surface area contributed by atoms with Crippen LogP contribution in [0.2, 0.25) is 0 Å². The molecule has 0 radical (unpaired) electrons. The lowest BCUT2D eigenvalue weighted by molar-refractivity contribution is -0.144. The van der Waals surface area contributed by atoms with Gasteiger partial charge in [0.15, 0.2) is 0 Å². The minimum absolute atomic E-state index is 0.0394. The van der Waals surface area contributed by atoms with Crippen molar-refractivity contribution >= 4 is 17.7 Å². The molecule has 0 aliphatic carbocycles. The van der Waals surface area contributed by atoms with Crippen LogP contribution in [-0.2, 0) is 38.1 Å². The quantitative estimate of drug-likeness (QED) is 0.164. The van der Waals surface area contributed by atoms with Gasteiger partial charge in [0.2, 0.25) is 5.91 Å². The van der Waals surface area contributed by atoms with Crippen LogP contribution in [0.4, 0.5) is 0 Å². The first-order chi connectivity index (χ1) is 18.4. The molecular weight excluding hydrogens is 516 g/mol. The molecule has 1 aliphatic rings. The molecule has 0 aromatic carbocycles. The van der Waals surface area contributed by atoms with Crippen LogP contribution in [-0.4, -0.2) is 98.8 Å². The van der Waals surface area contributed by atoms with Crippen LogP contribution in [0.5, 0.6) is 0 Å². The summed E-state index contributed by atoms with van der Waals surface area (Å²) in [6.07, 6.45) is 4.61. The average molecular weight is 571 g/mol. The van der Waals surface area contributed by atoms with E-state index in [0.29, 0.717) is 45.8 Å². The zero-order valence-electron chi connectivity index (χ0n) is 26.5. The second-order valence-corrected chi connectivity index (χ2v) is 12.8. The van der Waals surface area contributed by atoms with E-state index in [-0.39, 0.29) is 47.8 Å². The van der Waals surface area contributed by atoms with Crippen LogP contribution in [0.1, 0.15) is 81.1 Å². The lowest BCUT2D eigenvalue weighted by Crippen LogP contribution is -2.44. The molecule has 0 bridgehead atoms. The first-order valence-electron chi connectivity index (χ1n) is 14.2. The van der Waals surface area contributed by atoms with Gasteiger partial charge in [-0.1, -0.05) is 0 Å². The van der Waals surface area contributed by atoms with Crippen LogP contribution in [0.15, 0.2) is 12.2 Å². The van der Waals surface area contributed by atoms with Crippen molar-refractivity contribution < 1.29 is 38.1 Å². The van der Waals surface area contributed by atoms with Crippen molar-refractivity contribution in [1.29, 1.82) is 0 Å². The van der Waals surface area contributed by atoms with E-state index >= 15 is 0 Å². The molecule has 1 rings (SSSR count). The normalized spacial score (nSPS) is 15.7. The smallest absolute Gasteiger partial charge is 0.253 e. The van der Waals surface area contributed by atoms with Gasteiger partial charge in [-0.15, -0.1) is 0 Å². The summed E-state index contributed by atoms with van der Waals surface area (Å²) in [6, 6.07) is 0. The summed E-state index contributed by atoms with van der Waals surface area (Å²) in [5.41, 5.74) is -1.56. The van der Waals surface area contributed by atoms with Gasteiger partial charge in [0.05, 0.1) is 42.2 Å². The topological polar surface area (TPSA) is 113 Å². The Kier molecular flexibility index (Phi) is 14.4. The second kappa shape index (κ2) is 16.0. The average Bonchev–Trinajstić information content (AvgIpc) is 3.19. The highest BCUT2D eigenvalue weighted by atomic mass is 16.5. The molecule has 40 heavy (non-hydrogen) atoms. The second-order valence-electron chi connectivity index (χ2n) is 12.8. The minimum atomic E-state index is -0.477. The number of carbonyl (C=O) groups is 3. The summed E-state index contributed by atoms with van der Waals surface area (Å²) in [5, 5.41) is 2.82. The molecule has 1 N–H and O–H groups in total. The molecule has 232 valence electrons. The van der Waals surface area contributed by atoms with E-state index in [4.69, 9.17) is 23.7 Å². The minimum Gasteiger partial charge on any atom is -0.381 e. The van der Waals surface area contributed by atoms with E-state index in [1.165, 1.54) is 12.2 Å². The van der Waals surface area contributed by atoms with Crippen molar-refractivity contribution in [3.8, 4) is 0 Å². The summed E-state index contributed by atoms with van der Waals surface area (Å²) in [5.74, 6) is -0.938. The predicted molar refractivity (Wildman–Crippen MR) is 154 cm³/mol. The molecule has 1 heterocycles. The van der Waals surface area contributed by atoms with Crippen LogP contribution >= 0.6 is 0 Å². The number of hydrogen-bond acceptors (Lipinski definition) is 8. The number of hydrogen-bond donors (Lipinski definition) is 1. The van der Waals surface area contributed by atoms with Gasteiger partial charge >= 0.3 is 0 Å². The van der Waals surface area contributed by atoms with Gasteiger partial charge in [0.25, 0.3) is 11.8 Å². The summed E-state index contributed by atoms with van der Waals surface area (Å²) >= 11 is 0. The Labute approximate surface area is 241 Å². The lowest BCUT2D eigenvalue weighted by Gasteiger charge is -2.40. The molecule has 0 saturated carbocycles. The molecule has 10 nitrogen and oxygen atoms in total. The molecule has 0 spiro atoms. The van der Waals surface area contributed by atoms with Crippen LogP contribution in [0, 0.1) is 5.92 Å². The molecule has 3 amide bonds. The maximum Gasteiger partial charge on any atom is 0.253 e. The fourth-order valence-electron chi connectivity index (χ4n) is 3.95. The van der Waals surface area contributed by atoms with Crippen molar-refractivity contribution in [2.75, 3.05) is 53.7 Å². The Morgan fingerprint density at radius 1 is 0.875 bits per heavy atom. The molecule has 1 aliphatic heterocycles. The highest BCUT2D eigenvalue weighted by molar-refractivity contribution is 6.13. The molecule has 0 aromatic heterocycles. The summed E-state index contributed by atoms with van der Waals surface area (Å²) in [7, 11) is 3.39. The van der Waals surface area contributed by atoms with Crippen LogP contribution in [0.3, 0.4) is 0 Å². The van der Waals surface area contributed by atoms with Gasteiger partial charge in [-0.25, -0.2) is 0 Å². The Morgan fingerprint density at radius 2 is 1.48 bits per heavy atom. The lowest BCUT2D eigenvalue weighted by atomic mass is 9.82. The van der Waals surface area contributed by atoms with Crippen LogP contribution < -0.4 is 5.32 Å². The summed E-state index contributed by atoms with van der Waals surface area (Å²) < 4.78 is 29.8. The number of imide groups is 1. The highest BCUT2D eigenvalue weighted by Crippen LogP contribution is 2.33. The first-order valence-corrected chi connectivity index (χ1v) is 14.2. The first kappa shape index (κ1) is 36.2. The van der Waals surface area contributed by atoms with Crippen molar-refractivity contribution in [2.24, 2.45) is 5.92 Å². The van der Waals surface area contributed by atoms with E-state index < -0.39 is 11.2 Å². The number of nitrogens with zero attached hydrogens (tertiary/aromatic N) is 1. The largest absolute Gasteiger partial charge is 0.381 e. The molecule has 0 saturated heterocycles. The highest BCUT2D eigenvalue weighted by Gasteiger charge is 2.37. The van der Waals surface area contributed by atoms with E-state index in [1.807, 2.05) is 27.7 Å². The zero-order valence-corrected chi connectivity index (χ0v) is 26.5. The van der Waals surface area contributed by atoms with Gasteiger partial charge in [-0.3, -0.25) is 19.3 Å². The van der Waals surface area contributed by atoms with Crippen molar-refractivity contribution in [2.45, 2.75) is 103 Å².